The summed E-state index contributed by atoms with van der Waals surface area (Å²) in [5.41, 5.74) is 1.82. The number of alkyl halides is 3. The highest BCUT2D eigenvalue weighted by Gasteiger charge is 2.32. The van der Waals surface area contributed by atoms with Gasteiger partial charge in [0.2, 0.25) is 0 Å². The minimum absolute atomic E-state index is 0.0396. The van der Waals surface area contributed by atoms with Crippen LogP contribution in [0.3, 0.4) is 0 Å². The fraction of sp³-hybridized carbons (Fsp3) is 0.267. The van der Waals surface area contributed by atoms with Crippen LogP contribution in [0, 0.1) is 0 Å². The largest absolute Gasteiger partial charge is 0.416 e. The molecule has 0 fully saturated rings. The molecule has 1 aromatic carbocycles. The zero-order valence-electron chi connectivity index (χ0n) is 10.6. The molecule has 2 heterocycles. The normalized spacial score (nSPS) is 18.2. The van der Waals surface area contributed by atoms with E-state index in [0.29, 0.717) is 5.56 Å². The summed E-state index contributed by atoms with van der Waals surface area (Å²) in [7, 11) is 0. The summed E-state index contributed by atoms with van der Waals surface area (Å²) in [6, 6.07) is 7.61. The Morgan fingerprint density at radius 2 is 2.05 bits per heavy atom. The molecule has 1 aliphatic rings. The molecule has 1 unspecified atom stereocenters. The fourth-order valence-corrected chi connectivity index (χ4v) is 2.62. The van der Waals surface area contributed by atoms with Gasteiger partial charge in [0.05, 0.1) is 5.56 Å². The van der Waals surface area contributed by atoms with Gasteiger partial charge in [-0.25, -0.2) is 0 Å². The van der Waals surface area contributed by atoms with Crippen molar-refractivity contribution in [1.29, 1.82) is 0 Å². The monoisotopic (exact) mass is 278 g/mol. The van der Waals surface area contributed by atoms with Crippen molar-refractivity contribution in [3.63, 3.8) is 0 Å². The van der Waals surface area contributed by atoms with Crippen molar-refractivity contribution in [1.82, 2.24) is 4.98 Å². The van der Waals surface area contributed by atoms with E-state index in [1.54, 1.807) is 12.4 Å². The number of rotatable bonds is 1. The second kappa shape index (κ2) is 4.81. The van der Waals surface area contributed by atoms with Gasteiger partial charge in [0.15, 0.2) is 0 Å². The molecule has 1 aliphatic heterocycles. The van der Waals surface area contributed by atoms with Gasteiger partial charge in [0.25, 0.3) is 0 Å². The third-order valence-electron chi connectivity index (χ3n) is 3.59. The smallest absolute Gasteiger partial charge is 0.385 e. The van der Waals surface area contributed by atoms with Crippen molar-refractivity contribution in [2.75, 3.05) is 11.9 Å². The molecule has 104 valence electrons. The fourth-order valence-electron chi connectivity index (χ4n) is 2.62. The van der Waals surface area contributed by atoms with Crippen LogP contribution in [0.15, 0.2) is 42.7 Å². The van der Waals surface area contributed by atoms with E-state index < -0.39 is 11.7 Å². The summed E-state index contributed by atoms with van der Waals surface area (Å²) in [5.74, 6) is -0.0396. The van der Waals surface area contributed by atoms with Crippen LogP contribution in [0.1, 0.15) is 29.0 Å². The van der Waals surface area contributed by atoms with Crippen LogP contribution in [0.25, 0.3) is 0 Å². The van der Waals surface area contributed by atoms with Gasteiger partial charge in [0, 0.05) is 30.5 Å². The third kappa shape index (κ3) is 2.35. The van der Waals surface area contributed by atoms with E-state index in [2.05, 4.69) is 10.3 Å². The summed E-state index contributed by atoms with van der Waals surface area (Å²) < 4.78 is 38.6. The van der Waals surface area contributed by atoms with Gasteiger partial charge in [-0.1, -0.05) is 6.07 Å². The van der Waals surface area contributed by atoms with Crippen LogP contribution < -0.4 is 5.32 Å². The second-order valence-corrected chi connectivity index (χ2v) is 4.85. The second-order valence-electron chi connectivity index (χ2n) is 4.85. The molecule has 3 rings (SSSR count). The van der Waals surface area contributed by atoms with E-state index in [-0.39, 0.29) is 5.92 Å². The third-order valence-corrected chi connectivity index (χ3v) is 3.59. The van der Waals surface area contributed by atoms with E-state index in [9.17, 15) is 13.2 Å². The summed E-state index contributed by atoms with van der Waals surface area (Å²) in [4.78, 5) is 4.06. The molecule has 0 spiro atoms. The highest BCUT2D eigenvalue weighted by atomic mass is 19.4. The first-order chi connectivity index (χ1) is 9.55. The molecule has 1 atom stereocenters. The molecule has 0 aliphatic carbocycles. The Bertz CT molecular complexity index is 608. The minimum Gasteiger partial charge on any atom is -0.385 e. The van der Waals surface area contributed by atoms with Crippen molar-refractivity contribution in [3.8, 4) is 0 Å². The standard InChI is InChI=1S/C15H13F3N2/c16-15(17,18)11-3-4-14-13(8-11)12(5-7-20-14)10-2-1-6-19-9-10/h1-4,6,8-9,12,20H,5,7H2. The van der Waals surface area contributed by atoms with Crippen LogP contribution >= 0.6 is 0 Å². The maximum atomic E-state index is 12.9. The average molecular weight is 278 g/mol. The molecule has 5 heteroatoms. The number of hydrogen-bond acceptors (Lipinski definition) is 2. The number of benzene rings is 1. The predicted octanol–water partition coefficient (Wildman–Crippen LogP) is 4.05. The average Bonchev–Trinajstić information content (AvgIpc) is 2.46. The van der Waals surface area contributed by atoms with Gasteiger partial charge in [-0.05, 0) is 41.8 Å². The van der Waals surface area contributed by atoms with Crippen LogP contribution in [-0.2, 0) is 6.18 Å². The lowest BCUT2D eigenvalue weighted by molar-refractivity contribution is -0.137. The molecule has 0 saturated carbocycles. The van der Waals surface area contributed by atoms with Gasteiger partial charge in [-0.15, -0.1) is 0 Å². The predicted molar refractivity (Wildman–Crippen MR) is 70.6 cm³/mol. The van der Waals surface area contributed by atoms with Crippen molar-refractivity contribution < 1.29 is 13.2 Å². The van der Waals surface area contributed by atoms with Gasteiger partial charge < -0.3 is 5.32 Å². The summed E-state index contributed by atoms with van der Waals surface area (Å²) in [6.45, 7) is 0.748. The van der Waals surface area contributed by atoms with E-state index in [1.807, 2.05) is 12.1 Å². The van der Waals surface area contributed by atoms with E-state index >= 15 is 0 Å². The summed E-state index contributed by atoms with van der Waals surface area (Å²) in [6.07, 6.45) is -0.163. The zero-order valence-corrected chi connectivity index (χ0v) is 10.6. The number of nitrogens with zero attached hydrogens (tertiary/aromatic N) is 1. The van der Waals surface area contributed by atoms with Crippen LogP contribution in [0.4, 0.5) is 18.9 Å². The van der Waals surface area contributed by atoms with Crippen LogP contribution in [0.5, 0.6) is 0 Å². The number of fused-ring (bicyclic) bond motifs is 1. The molecule has 1 aromatic heterocycles. The lowest BCUT2D eigenvalue weighted by Gasteiger charge is -2.27. The topological polar surface area (TPSA) is 24.9 Å². The highest BCUT2D eigenvalue weighted by Crippen LogP contribution is 2.39. The molecular weight excluding hydrogens is 265 g/mol. The van der Waals surface area contributed by atoms with E-state index in [1.165, 1.54) is 12.1 Å². The van der Waals surface area contributed by atoms with Gasteiger partial charge in [-0.3, -0.25) is 4.98 Å². The molecule has 2 aromatic rings. The molecule has 2 nitrogen and oxygen atoms in total. The first-order valence-electron chi connectivity index (χ1n) is 6.40. The molecule has 1 N–H and O–H groups in total. The first kappa shape index (κ1) is 13.0. The Kier molecular flexibility index (Phi) is 3.12. The van der Waals surface area contributed by atoms with Crippen LogP contribution in [0.2, 0.25) is 0 Å². The van der Waals surface area contributed by atoms with Crippen molar-refractivity contribution in [2.24, 2.45) is 0 Å². The zero-order chi connectivity index (χ0) is 14.2. The van der Waals surface area contributed by atoms with E-state index in [4.69, 9.17) is 0 Å². The lowest BCUT2D eigenvalue weighted by atomic mass is 9.85. The maximum Gasteiger partial charge on any atom is 0.416 e. The SMILES string of the molecule is FC(F)(F)c1ccc2c(c1)C(c1cccnc1)CCN2. The van der Waals surface area contributed by atoms with Crippen molar-refractivity contribution in [2.45, 2.75) is 18.5 Å². The molecule has 0 bridgehead atoms. The summed E-state index contributed by atoms with van der Waals surface area (Å²) in [5, 5.41) is 3.15. The molecular formula is C15H13F3N2. The Hall–Kier alpha value is -2.04. The molecule has 0 saturated heterocycles. The van der Waals surface area contributed by atoms with Crippen molar-refractivity contribution >= 4 is 5.69 Å². The number of anilines is 1. The maximum absolute atomic E-state index is 12.9. The quantitative estimate of drug-likeness (QED) is 0.851. The van der Waals surface area contributed by atoms with Gasteiger partial charge in [0.1, 0.15) is 0 Å². The highest BCUT2D eigenvalue weighted by molar-refractivity contribution is 5.58. The number of hydrogen-bond donors (Lipinski definition) is 1. The number of halogens is 3. The Morgan fingerprint density at radius 1 is 1.20 bits per heavy atom. The number of nitrogens with one attached hydrogen (secondary N) is 1. The number of pyridine rings is 1. The first-order valence-corrected chi connectivity index (χ1v) is 6.40. The van der Waals surface area contributed by atoms with Crippen LogP contribution in [-0.4, -0.2) is 11.5 Å². The number of aromatic nitrogens is 1. The van der Waals surface area contributed by atoms with Gasteiger partial charge >= 0.3 is 6.18 Å². The van der Waals surface area contributed by atoms with E-state index in [0.717, 1.165) is 30.3 Å². The van der Waals surface area contributed by atoms with Crippen molar-refractivity contribution in [3.05, 3.63) is 59.4 Å². The molecule has 0 amide bonds. The Balaban J connectivity index is 2.07. The van der Waals surface area contributed by atoms with Gasteiger partial charge in [-0.2, -0.15) is 13.2 Å². The Morgan fingerprint density at radius 3 is 2.75 bits per heavy atom. The molecule has 20 heavy (non-hydrogen) atoms. The lowest BCUT2D eigenvalue weighted by Crippen LogP contribution is -2.19. The molecule has 0 radical (unpaired) electrons. The summed E-state index contributed by atoms with van der Waals surface area (Å²) >= 11 is 0. The Labute approximate surface area is 114 Å². The minimum atomic E-state index is -4.31.